The van der Waals surface area contributed by atoms with E-state index < -0.39 is 0 Å². The highest BCUT2D eigenvalue weighted by molar-refractivity contribution is 5.92. The maximum Gasteiger partial charge on any atom is 0.0534 e. The Bertz CT molecular complexity index is 689. The van der Waals surface area contributed by atoms with E-state index >= 15 is 0 Å². The Labute approximate surface area is 95.3 Å². The Morgan fingerprint density at radius 3 is 2.44 bits per heavy atom. The van der Waals surface area contributed by atoms with Crippen LogP contribution in [-0.4, -0.2) is 4.40 Å². The minimum Gasteiger partial charge on any atom is -0.316 e. The van der Waals surface area contributed by atoms with Gasteiger partial charge in [0, 0.05) is 17.1 Å². The zero-order valence-corrected chi connectivity index (χ0v) is 9.91. The predicted octanol–water partition coefficient (Wildman–Crippen LogP) is 4.02. The Morgan fingerprint density at radius 1 is 0.875 bits per heavy atom. The summed E-state index contributed by atoms with van der Waals surface area (Å²) in [6, 6.07) is 10.9. The number of benzene rings is 1. The van der Waals surface area contributed by atoms with Crippen molar-refractivity contribution >= 4 is 16.4 Å². The summed E-state index contributed by atoms with van der Waals surface area (Å²) >= 11 is 0. The van der Waals surface area contributed by atoms with E-state index in [0.717, 1.165) is 0 Å². The van der Waals surface area contributed by atoms with Crippen molar-refractivity contribution < 1.29 is 0 Å². The van der Waals surface area contributed by atoms with Gasteiger partial charge in [-0.1, -0.05) is 6.07 Å². The van der Waals surface area contributed by atoms with Crippen molar-refractivity contribution in [2.75, 3.05) is 0 Å². The molecule has 0 fully saturated rings. The number of hydrogen-bond donors (Lipinski definition) is 0. The van der Waals surface area contributed by atoms with E-state index in [1.165, 1.54) is 33.1 Å². The van der Waals surface area contributed by atoms with Crippen molar-refractivity contribution in [3.63, 3.8) is 0 Å². The van der Waals surface area contributed by atoms with Gasteiger partial charge >= 0.3 is 0 Å². The van der Waals surface area contributed by atoms with Crippen LogP contribution in [0, 0.1) is 20.8 Å². The molecule has 0 aliphatic rings. The first kappa shape index (κ1) is 9.46. The van der Waals surface area contributed by atoms with Crippen LogP contribution in [0.15, 0.2) is 36.5 Å². The molecule has 2 heterocycles. The first-order valence-electron chi connectivity index (χ1n) is 5.65. The molecule has 1 nitrogen and oxygen atoms in total. The number of aromatic nitrogens is 1. The van der Waals surface area contributed by atoms with Crippen LogP contribution < -0.4 is 0 Å². The molecule has 3 aromatic rings. The van der Waals surface area contributed by atoms with E-state index in [9.17, 15) is 0 Å². The summed E-state index contributed by atoms with van der Waals surface area (Å²) in [5.41, 5.74) is 6.72. The fourth-order valence-corrected chi connectivity index (χ4v) is 2.40. The molecule has 0 spiro atoms. The van der Waals surface area contributed by atoms with Gasteiger partial charge in [0.05, 0.1) is 5.52 Å². The van der Waals surface area contributed by atoms with E-state index in [0.29, 0.717) is 0 Å². The number of rotatable bonds is 0. The van der Waals surface area contributed by atoms with Crippen LogP contribution in [0.1, 0.15) is 16.7 Å². The van der Waals surface area contributed by atoms with Gasteiger partial charge in [-0.2, -0.15) is 0 Å². The molecule has 0 bridgehead atoms. The summed E-state index contributed by atoms with van der Waals surface area (Å²) < 4.78 is 2.27. The third-order valence-electron chi connectivity index (χ3n) is 3.52. The number of nitrogens with zero attached hydrogens (tertiary/aromatic N) is 1. The summed E-state index contributed by atoms with van der Waals surface area (Å²) in [6.07, 6.45) is 2.14. The molecule has 0 atom stereocenters. The molecule has 1 heteroatoms. The van der Waals surface area contributed by atoms with E-state index in [1.807, 2.05) is 0 Å². The highest BCUT2D eigenvalue weighted by Crippen LogP contribution is 2.28. The second-order valence-corrected chi connectivity index (χ2v) is 4.53. The molecular weight excluding hydrogens is 194 g/mol. The Hall–Kier alpha value is -1.76. The van der Waals surface area contributed by atoms with Crippen LogP contribution in [0.5, 0.6) is 0 Å². The summed E-state index contributed by atoms with van der Waals surface area (Å²) in [4.78, 5) is 0. The molecule has 0 saturated heterocycles. The highest BCUT2D eigenvalue weighted by Gasteiger charge is 2.08. The summed E-state index contributed by atoms with van der Waals surface area (Å²) in [5.74, 6) is 0. The standard InChI is InChI=1S/C15H15N/c1-10-8-13-12(3)14-6-4-5-7-16(14)15(13)9-11(10)2/h4-9H,1-3H3. The zero-order valence-electron chi connectivity index (χ0n) is 9.91. The van der Waals surface area contributed by atoms with Crippen LogP contribution in [0.3, 0.4) is 0 Å². The summed E-state index contributed by atoms with van der Waals surface area (Å²) in [7, 11) is 0. The Morgan fingerprint density at radius 2 is 1.62 bits per heavy atom. The molecule has 0 radical (unpaired) electrons. The van der Waals surface area contributed by atoms with Crippen molar-refractivity contribution in [3.8, 4) is 0 Å². The lowest BCUT2D eigenvalue weighted by atomic mass is 10.1. The normalized spacial score (nSPS) is 11.4. The first-order chi connectivity index (χ1) is 7.68. The first-order valence-corrected chi connectivity index (χ1v) is 5.65. The van der Waals surface area contributed by atoms with Crippen molar-refractivity contribution in [1.29, 1.82) is 0 Å². The summed E-state index contributed by atoms with van der Waals surface area (Å²) in [6.45, 7) is 6.55. The number of aryl methyl sites for hydroxylation is 3. The average molecular weight is 209 g/mol. The largest absolute Gasteiger partial charge is 0.316 e. The van der Waals surface area contributed by atoms with Gasteiger partial charge in [-0.15, -0.1) is 0 Å². The second kappa shape index (κ2) is 3.11. The van der Waals surface area contributed by atoms with Crippen molar-refractivity contribution in [2.45, 2.75) is 20.8 Å². The Balaban J connectivity index is 2.62. The molecule has 3 rings (SSSR count). The maximum atomic E-state index is 2.30. The molecule has 0 N–H and O–H groups in total. The number of hydrogen-bond acceptors (Lipinski definition) is 0. The second-order valence-electron chi connectivity index (χ2n) is 4.53. The third kappa shape index (κ3) is 1.12. The van der Waals surface area contributed by atoms with Gasteiger partial charge < -0.3 is 4.40 Å². The lowest BCUT2D eigenvalue weighted by Gasteiger charge is -2.01. The topological polar surface area (TPSA) is 4.41 Å². The van der Waals surface area contributed by atoms with Crippen LogP contribution >= 0.6 is 0 Å². The van der Waals surface area contributed by atoms with Crippen molar-refractivity contribution in [3.05, 3.63) is 53.2 Å². The van der Waals surface area contributed by atoms with Crippen molar-refractivity contribution in [2.24, 2.45) is 0 Å². The smallest absolute Gasteiger partial charge is 0.0534 e. The molecular formula is C15H15N. The molecule has 0 saturated carbocycles. The number of fused-ring (bicyclic) bond motifs is 3. The highest BCUT2D eigenvalue weighted by atomic mass is 14.9. The molecule has 0 unspecified atom stereocenters. The quantitative estimate of drug-likeness (QED) is 0.527. The van der Waals surface area contributed by atoms with Gasteiger partial charge in [-0.25, -0.2) is 0 Å². The number of pyridine rings is 1. The monoisotopic (exact) mass is 209 g/mol. The van der Waals surface area contributed by atoms with E-state index in [1.54, 1.807) is 0 Å². The minimum absolute atomic E-state index is 1.31. The Kier molecular flexibility index (Phi) is 1.84. The van der Waals surface area contributed by atoms with Crippen LogP contribution in [0.4, 0.5) is 0 Å². The lowest BCUT2D eigenvalue weighted by molar-refractivity contribution is 1.24. The van der Waals surface area contributed by atoms with Gasteiger partial charge in [0.2, 0.25) is 0 Å². The average Bonchev–Trinajstić information content (AvgIpc) is 2.55. The van der Waals surface area contributed by atoms with Gasteiger partial charge in [-0.05, 0) is 61.7 Å². The van der Waals surface area contributed by atoms with Crippen molar-refractivity contribution in [1.82, 2.24) is 4.40 Å². The lowest BCUT2D eigenvalue weighted by Crippen LogP contribution is -1.84. The fraction of sp³-hybridized carbons (Fsp3) is 0.200. The van der Waals surface area contributed by atoms with Gasteiger partial charge in [-0.3, -0.25) is 0 Å². The van der Waals surface area contributed by atoms with E-state index in [-0.39, 0.29) is 0 Å². The molecule has 2 aromatic heterocycles. The molecule has 0 aliphatic heterocycles. The summed E-state index contributed by atoms with van der Waals surface area (Å²) in [5, 5.41) is 1.37. The SMILES string of the molecule is Cc1cc2c(C)c3ccccn3c2cc1C. The predicted molar refractivity (Wildman–Crippen MR) is 69.1 cm³/mol. The van der Waals surface area contributed by atoms with Gasteiger partial charge in [0.25, 0.3) is 0 Å². The minimum atomic E-state index is 1.31. The molecule has 1 aromatic carbocycles. The molecule has 0 amide bonds. The fourth-order valence-electron chi connectivity index (χ4n) is 2.40. The molecule has 16 heavy (non-hydrogen) atoms. The van der Waals surface area contributed by atoms with E-state index in [2.05, 4.69) is 61.7 Å². The van der Waals surface area contributed by atoms with Gasteiger partial charge in [0.15, 0.2) is 0 Å². The van der Waals surface area contributed by atoms with Gasteiger partial charge in [0.1, 0.15) is 0 Å². The van der Waals surface area contributed by atoms with Crippen LogP contribution in [0.2, 0.25) is 0 Å². The maximum absolute atomic E-state index is 2.30. The zero-order chi connectivity index (χ0) is 11.3. The van der Waals surface area contributed by atoms with E-state index in [4.69, 9.17) is 0 Å². The van der Waals surface area contributed by atoms with Crippen LogP contribution in [-0.2, 0) is 0 Å². The molecule has 80 valence electrons. The molecule has 0 aliphatic carbocycles. The van der Waals surface area contributed by atoms with Crippen LogP contribution in [0.25, 0.3) is 16.4 Å². The third-order valence-corrected chi connectivity index (χ3v) is 3.52.